The maximum atomic E-state index is 8.66. The maximum absolute atomic E-state index is 8.66. The number of nitrogens with zero attached hydrogens (tertiary/aromatic N) is 1. The number of methoxy groups -OCH3 is 1. The molecule has 0 radical (unpaired) electrons. The first-order valence-corrected chi connectivity index (χ1v) is 5.77. The van der Waals surface area contributed by atoms with Crippen LogP contribution in [0.4, 0.5) is 0 Å². The molecule has 2 rings (SSSR count). The van der Waals surface area contributed by atoms with Gasteiger partial charge in [-0.1, -0.05) is 0 Å². The molecule has 1 N–H and O–H groups in total. The molecule has 0 aliphatic heterocycles. The fourth-order valence-electron chi connectivity index (χ4n) is 1.33. The molecule has 3 nitrogen and oxygen atoms in total. The third kappa shape index (κ3) is 1.48. The Labute approximate surface area is 87.8 Å². The van der Waals surface area contributed by atoms with Gasteiger partial charge in [0.2, 0.25) is 0 Å². The molecule has 14 heavy (non-hydrogen) atoms. The molecule has 1 aromatic carbocycles. The second-order valence-corrected chi connectivity index (χ2v) is 4.49. The average Bonchev–Trinajstić information content (AvgIpc) is 2.61. The minimum atomic E-state index is -0.120. The van der Waals surface area contributed by atoms with Crippen molar-refractivity contribution in [2.75, 3.05) is 7.11 Å². The summed E-state index contributed by atoms with van der Waals surface area (Å²) in [4.78, 5) is 5.33. The molecule has 0 saturated carbocycles. The van der Waals surface area contributed by atoms with Crippen molar-refractivity contribution in [1.29, 1.82) is 5.26 Å². The molecule has 0 bridgehead atoms. The van der Waals surface area contributed by atoms with E-state index in [9.17, 15) is 0 Å². The van der Waals surface area contributed by atoms with E-state index in [2.05, 4.69) is 9.95 Å². The molecule has 0 atom stereocenters. The van der Waals surface area contributed by atoms with Gasteiger partial charge < -0.3 is 0 Å². The van der Waals surface area contributed by atoms with E-state index in [0.29, 0.717) is 0 Å². The molecule has 1 aromatic heterocycles. The van der Waals surface area contributed by atoms with Gasteiger partial charge in [0, 0.05) is 0 Å². The number of aromatic amines is 1. The number of aromatic nitrogens is 1. The number of ether oxygens (including phenoxy) is 1. The Kier molecular flexibility index (Phi) is 2.45. The first-order chi connectivity index (χ1) is 6.85. The van der Waals surface area contributed by atoms with Crippen molar-refractivity contribution in [3.63, 3.8) is 0 Å². The zero-order chi connectivity index (χ0) is 9.97. The minimum absolute atomic E-state index is 0.120. The third-order valence-electron chi connectivity index (χ3n) is 2.01. The van der Waals surface area contributed by atoms with Crippen molar-refractivity contribution in [2.24, 2.45) is 0 Å². The molecule has 4 heteroatoms. The molecule has 0 aliphatic carbocycles. The summed E-state index contributed by atoms with van der Waals surface area (Å²) in [6.07, 6.45) is 1.90. The molecule has 0 saturated heterocycles. The molecule has 1 heterocycles. The molecule has 2 aromatic rings. The summed E-state index contributed by atoms with van der Waals surface area (Å²) in [6, 6.07) is 5.83. The first kappa shape index (κ1) is 9.14. The van der Waals surface area contributed by atoms with Gasteiger partial charge in [-0.15, -0.1) is 0 Å². The Bertz CT molecular complexity index is 498. The van der Waals surface area contributed by atoms with Crippen LogP contribution in [0.15, 0.2) is 24.4 Å². The number of rotatable bonds is 2. The van der Waals surface area contributed by atoms with Gasteiger partial charge in [0.15, 0.2) is 0 Å². The van der Waals surface area contributed by atoms with Gasteiger partial charge in [0.05, 0.1) is 0 Å². The van der Waals surface area contributed by atoms with Gasteiger partial charge in [0.1, 0.15) is 0 Å². The SMILES string of the molecule is COc1ccc2[nH]cc([Se]C#N)c2c1. The van der Waals surface area contributed by atoms with Crippen LogP contribution in [0.25, 0.3) is 10.9 Å². The van der Waals surface area contributed by atoms with Crippen molar-refractivity contribution in [3.05, 3.63) is 24.4 Å². The molecule has 0 unspecified atom stereocenters. The number of hydrogen-bond donors (Lipinski definition) is 1. The van der Waals surface area contributed by atoms with Crippen LogP contribution in [0.5, 0.6) is 5.75 Å². The van der Waals surface area contributed by atoms with Crippen LogP contribution in [0.3, 0.4) is 0 Å². The second-order valence-electron chi connectivity index (χ2n) is 2.76. The van der Waals surface area contributed by atoms with Crippen LogP contribution in [-0.2, 0) is 0 Å². The summed E-state index contributed by atoms with van der Waals surface area (Å²) >= 11 is -0.120. The Morgan fingerprint density at radius 1 is 1.50 bits per heavy atom. The topological polar surface area (TPSA) is 48.8 Å². The fourth-order valence-corrected chi connectivity index (χ4v) is 2.37. The summed E-state index contributed by atoms with van der Waals surface area (Å²) in [5, 5.41) is 9.75. The monoisotopic (exact) mass is 252 g/mol. The van der Waals surface area contributed by atoms with Crippen LogP contribution in [0.1, 0.15) is 0 Å². The van der Waals surface area contributed by atoms with Crippen LogP contribution in [0.2, 0.25) is 0 Å². The predicted octanol–water partition coefficient (Wildman–Crippen LogP) is 0.987. The predicted molar refractivity (Wildman–Crippen MR) is 55.9 cm³/mol. The number of hydrogen-bond acceptors (Lipinski definition) is 2. The zero-order valence-corrected chi connectivity index (χ0v) is 9.29. The molecular formula is C10H8N2OSe. The summed E-state index contributed by atoms with van der Waals surface area (Å²) < 4.78 is 6.21. The van der Waals surface area contributed by atoms with Gasteiger partial charge in [-0.05, 0) is 0 Å². The van der Waals surface area contributed by atoms with Gasteiger partial charge in [-0.3, -0.25) is 0 Å². The first-order valence-electron chi connectivity index (χ1n) is 4.06. The molecule has 0 fully saturated rings. The molecular weight excluding hydrogens is 243 g/mol. The Morgan fingerprint density at radius 3 is 3.07 bits per heavy atom. The van der Waals surface area contributed by atoms with E-state index in [0.717, 1.165) is 21.1 Å². The van der Waals surface area contributed by atoms with E-state index in [1.54, 1.807) is 7.11 Å². The van der Waals surface area contributed by atoms with Gasteiger partial charge in [-0.25, -0.2) is 0 Å². The van der Waals surface area contributed by atoms with Crippen molar-refractivity contribution >= 4 is 30.3 Å². The van der Waals surface area contributed by atoms with Gasteiger partial charge >= 0.3 is 87.5 Å². The van der Waals surface area contributed by atoms with Gasteiger partial charge in [-0.2, -0.15) is 0 Å². The standard InChI is InChI=1S/C10H8N2OSe/c1-13-7-2-3-9-8(4-7)10(5-12-9)14-6-11/h2-5,12H,1H3. The Hall–Kier alpha value is -1.43. The molecule has 70 valence electrons. The summed E-state index contributed by atoms with van der Waals surface area (Å²) in [5.41, 5.74) is 1.05. The number of nitriles is 1. The molecule has 0 aliphatic rings. The summed E-state index contributed by atoms with van der Waals surface area (Å²) in [7, 11) is 1.64. The number of nitrogens with one attached hydrogen (secondary N) is 1. The number of benzene rings is 1. The van der Waals surface area contributed by atoms with Crippen molar-refractivity contribution in [1.82, 2.24) is 4.98 Å². The number of H-pyrrole nitrogens is 1. The quantitative estimate of drug-likeness (QED) is 0.809. The Morgan fingerprint density at radius 2 is 2.36 bits per heavy atom. The normalized spacial score (nSPS) is 10.0. The molecule has 0 spiro atoms. The van der Waals surface area contributed by atoms with Crippen LogP contribution in [0, 0.1) is 10.2 Å². The average molecular weight is 251 g/mol. The zero-order valence-electron chi connectivity index (χ0n) is 7.57. The second kappa shape index (κ2) is 3.75. The van der Waals surface area contributed by atoms with Gasteiger partial charge in [0.25, 0.3) is 0 Å². The van der Waals surface area contributed by atoms with E-state index >= 15 is 0 Å². The number of fused-ring (bicyclic) bond motifs is 1. The van der Waals surface area contributed by atoms with E-state index in [4.69, 9.17) is 10.00 Å². The fraction of sp³-hybridized carbons (Fsp3) is 0.100. The van der Waals surface area contributed by atoms with E-state index in [1.165, 1.54) is 0 Å². The van der Waals surface area contributed by atoms with Crippen LogP contribution in [-0.4, -0.2) is 27.1 Å². The third-order valence-corrected chi connectivity index (χ3v) is 3.37. The Balaban J connectivity index is 2.59. The summed E-state index contributed by atoms with van der Waals surface area (Å²) in [6.45, 7) is 0. The molecule has 0 amide bonds. The van der Waals surface area contributed by atoms with E-state index < -0.39 is 0 Å². The van der Waals surface area contributed by atoms with Crippen molar-refractivity contribution in [2.45, 2.75) is 0 Å². The summed E-state index contributed by atoms with van der Waals surface area (Å²) in [5.74, 6) is 0.826. The van der Waals surface area contributed by atoms with Crippen molar-refractivity contribution in [3.8, 4) is 10.7 Å². The van der Waals surface area contributed by atoms with Crippen molar-refractivity contribution < 1.29 is 4.74 Å². The van der Waals surface area contributed by atoms with Crippen LogP contribution >= 0.6 is 0 Å². The van der Waals surface area contributed by atoms with E-state index in [1.807, 2.05) is 24.4 Å². The van der Waals surface area contributed by atoms with Crippen LogP contribution < -0.4 is 9.20 Å². The van der Waals surface area contributed by atoms with E-state index in [-0.39, 0.29) is 15.0 Å².